The number of fused-ring (bicyclic) bond motifs is 1. The Morgan fingerprint density at radius 2 is 1.95 bits per heavy atom. The first kappa shape index (κ1) is 15.5. The van der Waals surface area contributed by atoms with Gasteiger partial charge < -0.3 is 4.74 Å². The van der Waals surface area contributed by atoms with Gasteiger partial charge in [0.05, 0.1) is 12.0 Å². The van der Waals surface area contributed by atoms with Gasteiger partial charge in [-0.2, -0.15) is 13.2 Å². The molecular weight excluding hydrogens is 313 g/mol. The number of nitrogens with zero attached hydrogens (tertiary/aromatic N) is 2. The second-order valence-electron chi connectivity index (χ2n) is 4.31. The van der Waals surface area contributed by atoms with Crippen LogP contribution in [0.1, 0.15) is 16.3 Å². The van der Waals surface area contributed by atoms with Gasteiger partial charge in [-0.15, -0.1) is 11.3 Å². The molecule has 0 spiro atoms. The van der Waals surface area contributed by atoms with Gasteiger partial charge in [0.2, 0.25) is 0 Å². The van der Waals surface area contributed by atoms with Crippen molar-refractivity contribution in [3.05, 3.63) is 21.4 Å². The predicted molar refractivity (Wildman–Crippen MR) is 72.5 cm³/mol. The molecule has 0 atom stereocenters. The Morgan fingerprint density at radius 3 is 2.60 bits per heavy atom. The fourth-order valence-electron chi connectivity index (χ4n) is 1.71. The van der Waals surface area contributed by atoms with Gasteiger partial charge in [0, 0.05) is 11.3 Å². The van der Waals surface area contributed by atoms with Crippen LogP contribution < -0.4 is 0 Å². The molecule has 2 aromatic rings. The monoisotopic (exact) mass is 324 g/mol. The maximum atomic E-state index is 11.9. The molecule has 0 aliphatic rings. The lowest BCUT2D eigenvalue weighted by atomic mass is 10.2. The standard InChI is InChI=1S/C12H12ClF3N2OS/c1-6-7(2)20-11-9(6)10(13)17-8(18-11)3-4-19-5-12(14,15)16/h3-5H2,1-2H3. The Hall–Kier alpha value is -0.920. The maximum Gasteiger partial charge on any atom is 0.411 e. The number of aryl methyl sites for hydroxylation is 2. The van der Waals surface area contributed by atoms with Gasteiger partial charge in [0.15, 0.2) is 0 Å². The van der Waals surface area contributed by atoms with Crippen molar-refractivity contribution < 1.29 is 17.9 Å². The minimum Gasteiger partial charge on any atom is -0.372 e. The first-order valence-corrected chi connectivity index (χ1v) is 7.04. The summed E-state index contributed by atoms with van der Waals surface area (Å²) in [7, 11) is 0. The minimum absolute atomic E-state index is 0.0926. The molecule has 0 unspecified atom stereocenters. The summed E-state index contributed by atoms with van der Waals surface area (Å²) in [5.74, 6) is 0.394. The Labute approximate surface area is 122 Å². The summed E-state index contributed by atoms with van der Waals surface area (Å²) >= 11 is 7.60. The van der Waals surface area contributed by atoms with Gasteiger partial charge in [-0.3, -0.25) is 0 Å². The van der Waals surface area contributed by atoms with Crippen LogP contribution in [-0.4, -0.2) is 29.4 Å². The van der Waals surface area contributed by atoms with Crippen LogP contribution in [0.5, 0.6) is 0 Å². The molecule has 2 heterocycles. The Kier molecular flexibility index (Phi) is 4.51. The summed E-state index contributed by atoms with van der Waals surface area (Å²) in [5.41, 5.74) is 1.04. The average Bonchev–Trinajstić information content (AvgIpc) is 2.60. The molecular formula is C12H12ClF3N2OS. The molecule has 0 aromatic carbocycles. The Balaban J connectivity index is 2.08. The topological polar surface area (TPSA) is 35.0 Å². The highest BCUT2D eigenvalue weighted by Crippen LogP contribution is 2.32. The number of halogens is 4. The summed E-state index contributed by atoms with van der Waals surface area (Å²) in [4.78, 5) is 10.3. The van der Waals surface area contributed by atoms with Gasteiger partial charge in [0.1, 0.15) is 22.4 Å². The first-order chi connectivity index (χ1) is 9.28. The van der Waals surface area contributed by atoms with Gasteiger partial charge in [-0.1, -0.05) is 11.6 Å². The quantitative estimate of drug-likeness (QED) is 0.628. The first-order valence-electron chi connectivity index (χ1n) is 5.84. The number of ether oxygens (including phenoxy) is 1. The number of alkyl halides is 3. The third kappa shape index (κ3) is 3.59. The van der Waals surface area contributed by atoms with E-state index in [2.05, 4.69) is 14.7 Å². The van der Waals surface area contributed by atoms with E-state index in [-0.39, 0.29) is 13.0 Å². The van der Waals surface area contributed by atoms with Gasteiger partial charge >= 0.3 is 6.18 Å². The third-order valence-electron chi connectivity index (χ3n) is 2.77. The van der Waals surface area contributed by atoms with E-state index in [4.69, 9.17) is 11.6 Å². The number of hydrogen-bond donors (Lipinski definition) is 0. The van der Waals surface area contributed by atoms with Crippen LogP contribution in [0, 0.1) is 13.8 Å². The summed E-state index contributed by atoms with van der Waals surface area (Å²) in [6, 6.07) is 0. The lowest BCUT2D eigenvalue weighted by Crippen LogP contribution is -2.18. The van der Waals surface area contributed by atoms with Crippen molar-refractivity contribution in [2.45, 2.75) is 26.4 Å². The zero-order valence-electron chi connectivity index (χ0n) is 10.8. The van der Waals surface area contributed by atoms with Crippen LogP contribution >= 0.6 is 22.9 Å². The molecule has 0 aliphatic heterocycles. The van der Waals surface area contributed by atoms with Gasteiger partial charge in [0.25, 0.3) is 0 Å². The highest BCUT2D eigenvalue weighted by molar-refractivity contribution is 7.18. The van der Waals surface area contributed by atoms with Crippen molar-refractivity contribution >= 4 is 33.2 Å². The second-order valence-corrected chi connectivity index (χ2v) is 5.87. The van der Waals surface area contributed by atoms with E-state index in [9.17, 15) is 13.2 Å². The normalized spacial score (nSPS) is 12.3. The summed E-state index contributed by atoms with van der Waals surface area (Å²) in [5, 5.41) is 1.15. The number of rotatable bonds is 4. The fourth-order valence-corrected chi connectivity index (χ4v) is 3.14. The molecule has 0 N–H and O–H groups in total. The van der Waals surface area contributed by atoms with Gasteiger partial charge in [-0.25, -0.2) is 9.97 Å². The third-order valence-corrected chi connectivity index (χ3v) is 4.14. The summed E-state index contributed by atoms with van der Waals surface area (Å²) < 4.78 is 40.3. The second kappa shape index (κ2) is 5.83. The number of hydrogen-bond acceptors (Lipinski definition) is 4. The van der Waals surface area contributed by atoms with Crippen molar-refractivity contribution in [1.82, 2.24) is 9.97 Å². The van der Waals surface area contributed by atoms with Crippen molar-refractivity contribution in [3.8, 4) is 0 Å². The van der Waals surface area contributed by atoms with Crippen LogP contribution in [0.4, 0.5) is 13.2 Å². The van der Waals surface area contributed by atoms with Crippen molar-refractivity contribution in [2.75, 3.05) is 13.2 Å². The van der Waals surface area contributed by atoms with E-state index in [1.165, 1.54) is 11.3 Å². The Morgan fingerprint density at radius 1 is 1.25 bits per heavy atom. The van der Waals surface area contributed by atoms with E-state index >= 15 is 0 Å². The average molecular weight is 325 g/mol. The zero-order chi connectivity index (χ0) is 14.9. The van der Waals surface area contributed by atoms with Gasteiger partial charge in [-0.05, 0) is 19.4 Å². The highest BCUT2D eigenvalue weighted by atomic mass is 35.5. The molecule has 0 bridgehead atoms. The molecule has 20 heavy (non-hydrogen) atoms. The summed E-state index contributed by atoms with van der Waals surface area (Å²) in [6.45, 7) is 2.55. The van der Waals surface area contributed by atoms with Crippen LogP contribution in [0.15, 0.2) is 0 Å². The minimum atomic E-state index is -4.32. The number of aromatic nitrogens is 2. The number of thiophene rings is 1. The summed E-state index contributed by atoms with van der Waals surface area (Å²) in [6.07, 6.45) is -4.12. The lowest BCUT2D eigenvalue weighted by molar-refractivity contribution is -0.173. The van der Waals surface area contributed by atoms with E-state index in [0.29, 0.717) is 11.0 Å². The zero-order valence-corrected chi connectivity index (χ0v) is 12.4. The molecule has 0 aliphatic carbocycles. The molecule has 110 valence electrons. The van der Waals surface area contributed by atoms with Crippen LogP contribution in [-0.2, 0) is 11.2 Å². The molecule has 0 fully saturated rings. The van der Waals surface area contributed by atoms with Crippen molar-refractivity contribution in [2.24, 2.45) is 0 Å². The van der Waals surface area contributed by atoms with Crippen LogP contribution in [0.25, 0.3) is 10.2 Å². The molecule has 3 nitrogen and oxygen atoms in total. The van der Waals surface area contributed by atoms with E-state index < -0.39 is 12.8 Å². The van der Waals surface area contributed by atoms with E-state index in [1.54, 1.807) is 0 Å². The molecule has 0 saturated carbocycles. The lowest BCUT2D eigenvalue weighted by Gasteiger charge is -2.07. The molecule has 0 amide bonds. The Bertz CT molecular complexity index is 627. The fraction of sp³-hybridized carbons (Fsp3) is 0.500. The molecule has 0 radical (unpaired) electrons. The maximum absolute atomic E-state index is 11.9. The molecule has 2 rings (SSSR count). The molecule has 2 aromatic heterocycles. The van der Waals surface area contributed by atoms with E-state index in [1.807, 2.05) is 13.8 Å². The predicted octanol–water partition coefficient (Wildman–Crippen LogP) is 4.08. The molecule has 0 saturated heterocycles. The largest absolute Gasteiger partial charge is 0.411 e. The molecule has 8 heteroatoms. The highest BCUT2D eigenvalue weighted by Gasteiger charge is 2.27. The SMILES string of the molecule is Cc1sc2nc(CCOCC(F)(F)F)nc(Cl)c2c1C. The van der Waals surface area contributed by atoms with Crippen molar-refractivity contribution in [3.63, 3.8) is 0 Å². The van der Waals surface area contributed by atoms with Crippen molar-refractivity contribution in [1.29, 1.82) is 0 Å². The van der Waals surface area contributed by atoms with Crippen LogP contribution in [0.3, 0.4) is 0 Å². The smallest absolute Gasteiger partial charge is 0.372 e. The van der Waals surface area contributed by atoms with E-state index in [0.717, 1.165) is 20.7 Å². The van der Waals surface area contributed by atoms with Crippen LogP contribution in [0.2, 0.25) is 5.15 Å².